The van der Waals surface area contributed by atoms with Crippen molar-refractivity contribution in [2.24, 2.45) is 0 Å². The molecule has 0 bridgehead atoms. The highest BCUT2D eigenvalue weighted by atomic mass is 16.7. The fraction of sp³-hybridized carbons (Fsp3) is 0.857. The van der Waals surface area contributed by atoms with Crippen LogP contribution in [-0.4, -0.2) is 30.2 Å². The van der Waals surface area contributed by atoms with Gasteiger partial charge in [0.25, 0.3) is 5.95 Å². The van der Waals surface area contributed by atoms with Crippen LogP contribution in [0.5, 0.6) is 0 Å². The zero-order valence-corrected chi connectivity index (χ0v) is 11.4. The molecule has 1 N–H and O–H groups in total. The van der Waals surface area contributed by atoms with Gasteiger partial charge in [0.1, 0.15) is 6.10 Å². The highest BCUT2D eigenvalue weighted by Gasteiger charge is 2.39. The molecule has 1 heterocycles. The van der Waals surface area contributed by atoms with E-state index in [9.17, 15) is 5.11 Å². The van der Waals surface area contributed by atoms with Gasteiger partial charge in [-0.3, -0.25) is 0 Å². The maximum Gasteiger partial charge on any atom is 0.276 e. The molecule has 0 unspecified atom stereocenters. The summed E-state index contributed by atoms with van der Waals surface area (Å²) in [6.07, 6.45) is 5.19. The van der Waals surface area contributed by atoms with E-state index in [0.29, 0.717) is 13.2 Å². The number of ether oxygens (including phenoxy) is 3. The summed E-state index contributed by atoms with van der Waals surface area (Å²) in [6.45, 7) is 5.52. The van der Waals surface area contributed by atoms with Crippen molar-refractivity contribution in [3.63, 3.8) is 0 Å². The number of rotatable bonds is 4. The van der Waals surface area contributed by atoms with Crippen LogP contribution in [0.4, 0.5) is 0 Å². The minimum absolute atomic E-state index is 0.118. The number of aliphatic hydroxyl groups excluding tert-OH is 1. The second-order valence-electron chi connectivity index (χ2n) is 5.07. The second kappa shape index (κ2) is 5.93. The predicted molar refractivity (Wildman–Crippen MR) is 68.2 cm³/mol. The smallest absolute Gasteiger partial charge is 0.276 e. The summed E-state index contributed by atoms with van der Waals surface area (Å²) in [5, 5.41) is 10.0. The molecule has 2 aliphatic rings. The van der Waals surface area contributed by atoms with Gasteiger partial charge in [0.2, 0.25) is 0 Å². The normalized spacial score (nSPS) is 22.7. The molecule has 18 heavy (non-hydrogen) atoms. The fourth-order valence-corrected chi connectivity index (χ4v) is 2.63. The van der Waals surface area contributed by atoms with Gasteiger partial charge < -0.3 is 19.3 Å². The zero-order chi connectivity index (χ0) is 13.0. The summed E-state index contributed by atoms with van der Waals surface area (Å²) in [6, 6.07) is 0. The van der Waals surface area contributed by atoms with E-state index in [-0.39, 0.29) is 17.8 Å². The molecule has 0 radical (unpaired) electrons. The number of hydrogen-bond acceptors (Lipinski definition) is 4. The largest absolute Gasteiger partial charge is 0.481 e. The lowest BCUT2D eigenvalue weighted by Gasteiger charge is -2.32. The number of hydrogen-bond donors (Lipinski definition) is 1. The molecule has 0 aromatic carbocycles. The average Bonchev–Trinajstić information content (AvgIpc) is 2.85. The Kier molecular flexibility index (Phi) is 4.51. The molecular weight excluding hydrogens is 232 g/mol. The molecule has 104 valence electrons. The van der Waals surface area contributed by atoms with Gasteiger partial charge in [-0.05, 0) is 25.7 Å². The van der Waals surface area contributed by atoms with Crippen molar-refractivity contribution in [1.29, 1.82) is 0 Å². The summed E-state index contributed by atoms with van der Waals surface area (Å²) in [5.41, 5.74) is 1.01. The third kappa shape index (κ3) is 2.98. The first-order valence-corrected chi connectivity index (χ1v) is 7.04. The molecule has 4 nitrogen and oxygen atoms in total. The van der Waals surface area contributed by atoms with Crippen molar-refractivity contribution in [1.82, 2.24) is 0 Å². The van der Waals surface area contributed by atoms with E-state index in [1.54, 1.807) is 0 Å². The second-order valence-corrected chi connectivity index (χ2v) is 5.07. The van der Waals surface area contributed by atoms with Gasteiger partial charge in [-0.1, -0.05) is 13.8 Å². The van der Waals surface area contributed by atoms with Crippen LogP contribution in [0.15, 0.2) is 11.5 Å². The van der Waals surface area contributed by atoms with Gasteiger partial charge in [-0.2, -0.15) is 0 Å². The van der Waals surface area contributed by atoms with Crippen molar-refractivity contribution in [3.05, 3.63) is 11.5 Å². The maximum absolute atomic E-state index is 10.0. The van der Waals surface area contributed by atoms with E-state index >= 15 is 0 Å². The van der Waals surface area contributed by atoms with Crippen molar-refractivity contribution in [2.75, 3.05) is 13.2 Å². The monoisotopic (exact) mass is 256 g/mol. The Morgan fingerprint density at radius 2 is 1.78 bits per heavy atom. The van der Waals surface area contributed by atoms with Crippen LogP contribution in [0.25, 0.3) is 0 Å². The van der Waals surface area contributed by atoms with E-state index in [2.05, 4.69) is 13.8 Å². The standard InChI is InChI=1S/C14H24O4/c1-3-12(4-2)18-13(15)11-5-7-14(8-6-11)16-9-10-17-14/h12,15H,3-10H2,1-2H3. The quantitative estimate of drug-likeness (QED) is 0.784. The van der Waals surface area contributed by atoms with Gasteiger partial charge in [0.05, 0.1) is 13.2 Å². The third-order valence-corrected chi connectivity index (χ3v) is 3.92. The van der Waals surface area contributed by atoms with Gasteiger partial charge in [-0.15, -0.1) is 0 Å². The number of allylic oxidation sites excluding steroid dienone is 1. The van der Waals surface area contributed by atoms with Crippen LogP contribution in [0, 0.1) is 0 Å². The third-order valence-electron chi connectivity index (χ3n) is 3.92. The highest BCUT2D eigenvalue weighted by molar-refractivity contribution is 5.08. The summed E-state index contributed by atoms with van der Waals surface area (Å²) < 4.78 is 16.9. The van der Waals surface area contributed by atoms with Gasteiger partial charge in [0.15, 0.2) is 5.79 Å². The van der Waals surface area contributed by atoms with E-state index < -0.39 is 0 Å². The Morgan fingerprint density at radius 1 is 1.22 bits per heavy atom. The predicted octanol–water partition coefficient (Wildman–Crippen LogP) is 3.28. The molecule has 0 aromatic heterocycles. The maximum atomic E-state index is 10.0. The van der Waals surface area contributed by atoms with Crippen LogP contribution in [-0.2, 0) is 14.2 Å². The van der Waals surface area contributed by atoms with Gasteiger partial charge in [-0.25, -0.2) is 0 Å². The summed E-state index contributed by atoms with van der Waals surface area (Å²) in [7, 11) is 0. The van der Waals surface area contributed by atoms with Crippen LogP contribution >= 0.6 is 0 Å². The Balaban J connectivity index is 1.90. The molecule has 1 aliphatic heterocycles. The molecule has 0 atom stereocenters. The lowest BCUT2D eigenvalue weighted by Crippen LogP contribution is -2.33. The minimum atomic E-state index is -0.376. The molecule has 2 fully saturated rings. The molecule has 1 aliphatic carbocycles. The van der Waals surface area contributed by atoms with E-state index in [0.717, 1.165) is 44.1 Å². The summed E-state index contributed by atoms with van der Waals surface area (Å²) in [4.78, 5) is 0. The molecule has 4 heteroatoms. The zero-order valence-electron chi connectivity index (χ0n) is 11.4. The lowest BCUT2D eigenvalue weighted by molar-refractivity contribution is -0.172. The molecule has 2 rings (SSSR count). The van der Waals surface area contributed by atoms with Gasteiger partial charge in [0, 0.05) is 18.4 Å². The Morgan fingerprint density at radius 3 is 2.28 bits per heavy atom. The van der Waals surface area contributed by atoms with Crippen LogP contribution in [0.3, 0.4) is 0 Å². The fourth-order valence-electron chi connectivity index (χ4n) is 2.63. The van der Waals surface area contributed by atoms with Crippen molar-refractivity contribution < 1.29 is 19.3 Å². The van der Waals surface area contributed by atoms with E-state index in [4.69, 9.17) is 14.2 Å². The molecule has 1 spiro atoms. The average molecular weight is 256 g/mol. The Hall–Kier alpha value is -0.740. The molecule has 1 saturated heterocycles. The SMILES string of the molecule is CCC(CC)OC(O)=C1CCC2(CC1)OCCO2. The minimum Gasteiger partial charge on any atom is -0.481 e. The topological polar surface area (TPSA) is 47.9 Å². The molecule has 1 saturated carbocycles. The number of aliphatic hydroxyl groups is 1. The molecule has 0 aromatic rings. The first-order valence-electron chi connectivity index (χ1n) is 7.04. The Labute approximate surface area is 109 Å². The molecular formula is C14H24O4. The van der Waals surface area contributed by atoms with Gasteiger partial charge >= 0.3 is 0 Å². The van der Waals surface area contributed by atoms with E-state index in [1.165, 1.54) is 0 Å². The van der Waals surface area contributed by atoms with Crippen LogP contribution < -0.4 is 0 Å². The first-order chi connectivity index (χ1) is 8.69. The van der Waals surface area contributed by atoms with Crippen LogP contribution in [0.2, 0.25) is 0 Å². The van der Waals surface area contributed by atoms with Crippen molar-refractivity contribution >= 4 is 0 Å². The summed E-state index contributed by atoms with van der Waals surface area (Å²) in [5.74, 6) is -0.241. The van der Waals surface area contributed by atoms with E-state index in [1.807, 2.05) is 0 Å². The lowest BCUT2D eigenvalue weighted by atomic mass is 9.90. The van der Waals surface area contributed by atoms with Crippen molar-refractivity contribution in [2.45, 2.75) is 64.3 Å². The first kappa shape index (κ1) is 13.7. The highest BCUT2D eigenvalue weighted by Crippen LogP contribution is 2.39. The molecule has 0 amide bonds. The Bertz CT molecular complexity index is 289. The van der Waals surface area contributed by atoms with Crippen molar-refractivity contribution in [3.8, 4) is 0 Å². The van der Waals surface area contributed by atoms with Crippen LogP contribution in [0.1, 0.15) is 52.4 Å². The summed E-state index contributed by atoms with van der Waals surface area (Å²) >= 11 is 0.